The Morgan fingerprint density at radius 2 is 1.64 bits per heavy atom. The zero-order valence-electron chi connectivity index (χ0n) is 15.1. The van der Waals surface area contributed by atoms with Crippen LogP contribution >= 0.6 is 0 Å². The number of rotatable bonds is 6. The van der Waals surface area contributed by atoms with Gasteiger partial charge in [0.15, 0.2) is 0 Å². The Morgan fingerprint density at radius 3 is 2.36 bits per heavy atom. The predicted octanol–water partition coefficient (Wildman–Crippen LogP) is 3.89. The standard InChI is InChI=1S/C21H17N3O4/c1-26-16-6-8-18(9-7-16)28-17-4-2-15(3-5-17)14-27-21(25)19-12-23-24-11-10-22-13-20(19)24/h2-13H,14H2,1H3. The summed E-state index contributed by atoms with van der Waals surface area (Å²) in [5.41, 5.74) is 1.84. The van der Waals surface area contributed by atoms with Gasteiger partial charge in [-0.05, 0) is 42.0 Å². The van der Waals surface area contributed by atoms with Crippen molar-refractivity contribution >= 4 is 11.5 Å². The maximum absolute atomic E-state index is 12.3. The van der Waals surface area contributed by atoms with Gasteiger partial charge < -0.3 is 14.2 Å². The summed E-state index contributed by atoms with van der Waals surface area (Å²) in [4.78, 5) is 16.3. The van der Waals surface area contributed by atoms with Crippen LogP contribution < -0.4 is 9.47 Å². The molecule has 0 aliphatic rings. The maximum Gasteiger partial charge on any atom is 0.342 e. The molecular weight excluding hydrogens is 358 g/mol. The number of carbonyl (C=O) groups excluding carboxylic acids is 1. The van der Waals surface area contributed by atoms with E-state index in [2.05, 4.69) is 10.1 Å². The Balaban J connectivity index is 1.37. The van der Waals surface area contributed by atoms with E-state index in [1.165, 1.54) is 6.20 Å². The molecule has 0 N–H and O–H groups in total. The Morgan fingerprint density at radius 1 is 0.964 bits per heavy atom. The maximum atomic E-state index is 12.3. The zero-order valence-corrected chi connectivity index (χ0v) is 15.1. The molecule has 2 aromatic carbocycles. The second-order valence-electron chi connectivity index (χ2n) is 5.96. The molecule has 4 rings (SSSR count). The van der Waals surface area contributed by atoms with Crippen LogP contribution in [0.4, 0.5) is 0 Å². The Kier molecular flexibility index (Phi) is 4.88. The van der Waals surface area contributed by atoms with Gasteiger partial charge in [0, 0.05) is 12.4 Å². The lowest BCUT2D eigenvalue weighted by atomic mass is 10.2. The van der Waals surface area contributed by atoms with Crippen LogP contribution in [-0.4, -0.2) is 27.7 Å². The topological polar surface area (TPSA) is 75.0 Å². The van der Waals surface area contributed by atoms with Crippen molar-refractivity contribution in [2.24, 2.45) is 0 Å². The summed E-state index contributed by atoms with van der Waals surface area (Å²) in [5, 5.41) is 4.11. The van der Waals surface area contributed by atoms with E-state index >= 15 is 0 Å². The van der Waals surface area contributed by atoms with Gasteiger partial charge in [0.1, 0.15) is 29.4 Å². The van der Waals surface area contributed by atoms with Crippen molar-refractivity contribution in [3.63, 3.8) is 0 Å². The van der Waals surface area contributed by atoms with Crippen molar-refractivity contribution in [2.45, 2.75) is 6.61 Å². The fourth-order valence-electron chi connectivity index (χ4n) is 2.65. The highest BCUT2D eigenvalue weighted by Crippen LogP contribution is 2.24. The molecule has 2 aromatic heterocycles. The lowest BCUT2D eigenvalue weighted by Gasteiger charge is -2.08. The highest BCUT2D eigenvalue weighted by atomic mass is 16.5. The number of nitrogens with zero attached hydrogens (tertiary/aromatic N) is 3. The largest absolute Gasteiger partial charge is 0.497 e. The van der Waals surface area contributed by atoms with Crippen LogP contribution in [0.2, 0.25) is 0 Å². The third-order valence-electron chi connectivity index (χ3n) is 4.13. The van der Waals surface area contributed by atoms with Crippen LogP contribution in [0.3, 0.4) is 0 Å². The number of carbonyl (C=O) groups is 1. The molecule has 0 unspecified atom stereocenters. The van der Waals surface area contributed by atoms with Gasteiger partial charge in [-0.3, -0.25) is 4.98 Å². The van der Waals surface area contributed by atoms with Gasteiger partial charge in [0.25, 0.3) is 0 Å². The van der Waals surface area contributed by atoms with Gasteiger partial charge >= 0.3 is 5.97 Å². The molecule has 0 spiro atoms. The van der Waals surface area contributed by atoms with Crippen LogP contribution in [0.5, 0.6) is 17.2 Å². The molecule has 2 heterocycles. The fraction of sp³-hybridized carbons (Fsp3) is 0.0952. The number of aromatic nitrogens is 3. The summed E-state index contributed by atoms with van der Waals surface area (Å²) in [6.07, 6.45) is 6.33. The fourth-order valence-corrected chi connectivity index (χ4v) is 2.65. The van der Waals surface area contributed by atoms with E-state index in [4.69, 9.17) is 14.2 Å². The number of ether oxygens (including phenoxy) is 3. The molecule has 0 radical (unpaired) electrons. The lowest BCUT2D eigenvalue weighted by molar-refractivity contribution is 0.0475. The summed E-state index contributed by atoms with van der Waals surface area (Å²) in [6, 6.07) is 14.7. The molecule has 0 saturated heterocycles. The Hall–Kier alpha value is -3.87. The molecule has 7 nitrogen and oxygen atoms in total. The molecule has 7 heteroatoms. The first-order valence-electron chi connectivity index (χ1n) is 8.58. The smallest absolute Gasteiger partial charge is 0.342 e. The molecule has 0 amide bonds. The van der Waals surface area contributed by atoms with Crippen molar-refractivity contribution < 1.29 is 19.0 Å². The third-order valence-corrected chi connectivity index (χ3v) is 4.13. The van der Waals surface area contributed by atoms with E-state index in [0.717, 1.165) is 11.3 Å². The van der Waals surface area contributed by atoms with E-state index in [9.17, 15) is 4.79 Å². The molecule has 140 valence electrons. The number of hydrogen-bond donors (Lipinski definition) is 0. The molecule has 0 saturated carbocycles. The molecule has 0 bridgehead atoms. The van der Waals surface area contributed by atoms with Crippen LogP contribution in [0, 0.1) is 0 Å². The normalized spacial score (nSPS) is 10.6. The van der Waals surface area contributed by atoms with Crippen molar-refractivity contribution in [1.29, 1.82) is 0 Å². The first kappa shape index (κ1) is 17.5. The van der Waals surface area contributed by atoms with Crippen molar-refractivity contribution in [3.8, 4) is 17.2 Å². The highest BCUT2D eigenvalue weighted by Gasteiger charge is 2.14. The molecule has 0 aliphatic carbocycles. The number of methoxy groups -OCH3 is 1. The van der Waals surface area contributed by atoms with Crippen molar-refractivity contribution in [1.82, 2.24) is 14.6 Å². The minimum absolute atomic E-state index is 0.152. The lowest BCUT2D eigenvalue weighted by Crippen LogP contribution is -2.05. The molecule has 0 fully saturated rings. The summed E-state index contributed by atoms with van der Waals surface area (Å²) in [5.74, 6) is 1.73. The predicted molar refractivity (Wildman–Crippen MR) is 102 cm³/mol. The van der Waals surface area contributed by atoms with E-state index in [0.29, 0.717) is 22.6 Å². The van der Waals surface area contributed by atoms with E-state index in [1.54, 1.807) is 30.2 Å². The second kappa shape index (κ2) is 7.79. The van der Waals surface area contributed by atoms with Crippen LogP contribution in [-0.2, 0) is 11.3 Å². The monoisotopic (exact) mass is 375 g/mol. The second-order valence-corrected chi connectivity index (χ2v) is 5.96. The first-order valence-corrected chi connectivity index (χ1v) is 8.58. The van der Waals surface area contributed by atoms with Crippen LogP contribution in [0.25, 0.3) is 5.52 Å². The number of hydrogen-bond acceptors (Lipinski definition) is 6. The zero-order chi connectivity index (χ0) is 19.3. The van der Waals surface area contributed by atoms with Crippen molar-refractivity contribution in [2.75, 3.05) is 7.11 Å². The van der Waals surface area contributed by atoms with E-state index in [-0.39, 0.29) is 6.61 Å². The van der Waals surface area contributed by atoms with Gasteiger partial charge in [-0.15, -0.1) is 0 Å². The molecule has 0 atom stereocenters. The molecule has 28 heavy (non-hydrogen) atoms. The van der Waals surface area contributed by atoms with Gasteiger partial charge in [-0.1, -0.05) is 12.1 Å². The minimum atomic E-state index is -0.443. The minimum Gasteiger partial charge on any atom is -0.497 e. The third kappa shape index (κ3) is 3.78. The highest BCUT2D eigenvalue weighted by molar-refractivity contribution is 5.96. The molecule has 0 aliphatic heterocycles. The van der Waals surface area contributed by atoms with Gasteiger partial charge in [-0.2, -0.15) is 5.10 Å². The van der Waals surface area contributed by atoms with Gasteiger partial charge in [0.05, 0.1) is 25.0 Å². The number of esters is 1. The Bertz CT molecular complexity index is 1090. The summed E-state index contributed by atoms with van der Waals surface area (Å²) in [7, 11) is 1.62. The Labute approximate surface area is 161 Å². The van der Waals surface area contributed by atoms with E-state index in [1.807, 2.05) is 48.5 Å². The van der Waals surface area contributed by atoms with Crippen LogP contribution in [0.15, 0.2) is 73.3 Å². The van der Waals surface area contributed by atoms with E-state index < -0.39 is 5.97 Å². The average Bonchev–Trinajstić information content (AvgIpc) is 3.18. The van der Waals surface area contributed by atoms with Crippen LogP contribution in [0.1, 0.15) is 15.9 Å². The summed E-state index contributed by atoms with van der Waals surface area (Å²) in [6.45, 7) is 0.152. The molecule has 4 aromatic rings. The average molecular weight is 375 g/mol. The van der Waals surface area contributed by atoms with Gasteiger partial charge in [0.2, 0.25) is 0 Å². The summed E-state index contributed by atoms with van der Waals surface area (Å²) < 4.78 is 17.9. The first-order chi connectivity index (χ1) is 13.7. The number of benzene rings is 2. The summed E-state index contributed by atoms with van der Waals surface area (Å²) >= 11 is 0. The quantitative estimate of drug-likeness (QED) is 0.476. The molecular formula is C21H17N3O4. The number of fused-ring (bicyclic) bond motifs is 1. The van der Waals surface area contributed by atoms with Crippen molar-refractivity contribution in [3.05, 3.63) is 84.4 Å². The van der Waals surface area contributed by atoms with Gasteiger partial charge in [-0.25, -0.2) is 9.31 Å². The SMILES string of the molecule is COc1ccc(Oc2ccc(COC(=O)c3cnn4ccncc34)cc2)cc1.